The summed E-state index contributed by atoms with van der Waals surface area (Å²) in [5, 5.41) is 0. The Morgan fingerprint density at radius 2 is 1.95 bits per heavy atom. The van der Waals surface area contributed by atoms with Crippen LogP contribution in [-0.2, 0) is 0 Å². The number of rotatable bonds is 4. The first-order valence-corrected chi connectivity index (χ1v) is 6.85. The smallest absolute Gasteiger partial charge is 0.140 e. The fourth-order valence-electron chi connectivity index (χ4n) is 2.18. The van der Waals surface area contributed by atoms with Gasteiger partial charge >= 0.3 is 0 Å². The summed E-state index contributed by atoms with van der Waals surface area (Å²) in [7, 11) is 0. The minimum absolute atomic E-state index is 0.346. The van der Waals surface area contributed by atoms with Gasteiger partial charge in [-0.15, -0.1) is 0 Å². The second-order valence-electron chi connectivity index (χ2n) is 4.79. The Bertz CT molecular complexity index is 765. The lowest BCUT2D eigenvalue weighted by atomic mass is 10.1. The van der Waals surface area contributed by atoms with Gasteiger partial charge in [-0.3, -0.25) is 4.40 Å². The molecule has 0 spiro atoms. The van der Waals surface area contributed by atoms with Crippen molar-refractivity contribution in [2.45, 2.75) is 13.3 Å². The van der Waals surface area contributed by atoms with Crippen molar-refractivity contribution in [3.8, 4) is 17.0 Å². The van der Waals surface area contributed by atoms with E-state index in [-0.39, 0.29) is 5.82 Å². The van der Waals surface area contributed by atoms with Crippen LogP contribution >= 0.6 is 0 Å². The number of ether oxygens (including phenoxy) is 1. The van der Waals surface area contributed by atoms with Crippen molar-refractivity contribution < 1.29 is 9.13 Å². The minimum atomic E-state index is -0.346. The molecule has 3 rings (SSSR count). The number of nitrogens with two attached hydrogens (primary N) is 1. The maximum absolute atomic E-state index is 13.3. The van der Waals surface area contributed by atoms with Crippen LogP contribution in [-0.4, -0.2) is 16.0 Å². The average molecular weight is 285 g/mol. The Labute approximate surface area is 122 Å². The first kappa shape index (κ1) is 13.4. The highest BCUT2D eigenvalue weighted by atomic mass is 19.1. The van der Waals surface area contributed by atoms with E-state index in [1.807, 2.05) is 24.3 Å². The zero-order valence-corrected chi connectivity index (χ0v) is 11.7. The maximum Gasteiger partial charge on any atom is 0.140 e. The lowest BCUT2D eigenvalue weighted by Gasteiger charge is -2.05. The van der Waals surface area contributed by atoms with Gasteiger partial charge in [-0.1, -0.05) is 6.92 Å². The molecular formula is C16H16FN3O. The summed E-state index contributed by atoms with van der Waals surface area (Å²) in [6.45, 7) is 2.75. The number of hydrogen-bond acceptors (Lipinski definition) is 3. The first-order chi connectivity index (χ1) is 10.2. The van der Waals surface area contributed by atoms with Gasteiger partial charge in [0.15, 0.2) is 0 Å². The van der Waals surface area contributed by atoms with Crippen LogP contribution in [0.1, 0.15) is 13.3 Å². The zero-order valence-electron chi connectivity index (χ0n) is 11.7. The number of halogens is 1. The molecule has 108 valence electrons. The normalized spacial score (nSPS) is 11.0. The highest BCUT2D eigenvalue weighted by Gasteiger charge is 2.11. The molecule has 0 unspecified atom stereocenters. The van der Waals surface area contributed by atoms with E-state index in [4.69, 9.17) is 10.5 Å². The number of hydrogen-bond donors (Lipinski definition) is 1. The number of fused-ring (bicyclic) bond motifs is 1. The van der Waals surface area contributed by atoms with Crippen LogP contribution in [0.15, 0.2) is 42.6 Å². The largest absolute Gasteiger partial charge is 0.494 e. The third-order valence-electron chi connectivity index (χ3n) is 3.22. The lowest BCUT2D eigenvalue weighted by Crippen LogP contribution is -1.96. The molecule has 0 saturated heterocycles. The SMILES string of the molecule is CCCOc1ccc(-c2nc3ccc(F)cn3c2N)cc1. The summed E-state index contributed by atoms with van der Waals surface area (Å²) >= 11 is 0. The molecule has 0 aliphatic carbocycles. The molecule has 0 fully saturated rings. The van der Waals surface area contributed by atoms with E-state index in [1.165, 1.54) is 12.3 Å². The van der Waals surface area contributed by atoms with Gasteiger partial charge in [0.1, 0.15) is 28.7 Å². The fraction of sp³-hybridized carbons (Fsp3) is 0.188. The summed E-state index contributed by atoms with van der Waals surface area (Å²) in [5.41, 5.74) is 8.20. The highest BCUT2D eigenvalue weighted by Crippen LogP contribution is 2.28. The van der Waals surface area contributed by atoms with Crippen LogP contribution in [0.2, 0.25) is 0 Å². The second-order valence-corrected chi connectivity index (χ2v) is 4.79. The standard InChI is InChI=1S/C16H16FN3O/c1-2-9-21-13-6-3-11(4-7-13)15-16(18)20-10-12(17)5-8-14(20)19-15/h3-8,10H,2,9,18H2,1H3. The molecule has 0 atom stereocenters. The molecule has 0 amide bonds. The maximum atomic E-state index is 13.3. The van der Waals surface area contributed by atoms with Crippen molar-refractivity contribution in [3.63, 3.8) is 0 Å². The fourth-order valence-corrected chi connectivity index (χ4v) is 2.18. The predicted molar refractivity (Wildman–Crippen MR) is 80.8 cm³/mol. The van der Waals surface area contributed by atoms with E-state index in [0.29, 0.717) is 23.8 Å². The number of pyridine rings is 1. The van der Waals surface area contributed by atoms with Crippen molar-refractivity contribution >= 4 is 11.5 Å². The first-order valence-electron chi connectivity index (χ1n) is 6.85. The van der Waals surface area contributed by atoms with Crippen LogP contribution in [0.4, 0.5) is 10.2 Å². The quantitative estimate of drug-likeness (QED) is 0.798. The second kappa shape index (κ2) is 5.44. The van der Waals surface area contributed by atoms with Gasteiger partial charge in [0.2, 0.25) is 0 Å². The molecule has 5 heteroatoms. The molecule has 1 aromatic carbocycles. The molecule has 0 radical (unpaired) electrons. The van der Waals surface area contributed by atoms with Crippen molar-refractivity contribution in [3.05, 3.63) is 48.4 Å². The molecule has 0 saturated carbocycles. The lowest BCUT2D eigenvalue weighted by molar-refractivity contribution is 0.317. The zero-order chi connectivity index (χ0) is 14.8. The van der Waals surface area contributed by atoms with Crippen molar-refractivity contribution in [1.29, 1.82) is 0 Å². The molecule has 21 heavy (non-hydrogen) atoms. The van der Waals surface area contributed by atoms with Crippen LogP contribution in [0.5, 0.6) is 5.75 Å². The number of anilines is 1. The summed E-state index contributed by atoms with van der Waals surface area (Å²) < 4.78 is 20.4. The Morgan fingerprint density at radius 1 is 1.19 bits per heavy atom. The monoisotopic (exact) mass is 285 g/mol. The van der Waals surface area contributed by atoms with Gasteiger partial charge in [0.25, 0.3) is 0 Å². The third-order valence-corrected chi connectivity index (χ3v) is 3.22. The average Bonchev–Trinajstić information content (AvgIpc) is 2.83. The molecular weight excluding hydrogens is 269 g/mol. The van der Waals surface area contributed by atoms with E-state index in [1.54, 1.807) is 10.5 Å². The molecule has 2 aromatic heterocycles. The Kier molecular flexibility index (Phi) is 3.48. The summed E-state index contributed by atoms with van der Waals surface area (Å²) in [6, 6.07) is 10.5. The van der Waals surface area contributed by atoms with Crippen LogP contribution in [0, 0.1) is 5.82 Å². The van der Waals surface area contributed by atoms with Crippen molar-refractivity contribution in [1.82, 2.24) is 9.38 Å². The topological polar surface area (TPSA) is 52.5 Å². The number of nitrogen functional groups attached to an aromatic ring is 1. The van der Waals surface area contributed by atoms with Crippen LogP contribution in [0.25, 0.3) is 16.9 Å². The van der Waals surface area contributed by atoms with Gasteiger partial charge in [0.05, 0.1) is 6.61 Å². The Morgan fingerprint density at radius 3 is 2.67 bits per heavy atom. The van der Waals surface area contributed by atoms with Crippen LogP contribution in [0.3, 0.4) is 0 Å². The molecule has 0 bridgehead atoms. The van der Waals surface area contributed by atoms with Gasteiger partial charge < -0.3 is 10.5 Å². The van der Waals surface area contributed by atoms with Gasteiger partial charge in [-0.2, -0.15) is 0 Å². The summed E-state index contributed by atoms with van der Waals surface area (Å²) in [6.07, 6.45) is 2.30. The molecule has 2 N–H and O–H groups in total. The Balaban J connectivity index is 1.98. The van der Waals surface area contributed by atoms with E-state index in [0.717, 1.165) is 17.7 Å². The number of imidazole rings is 1. The van der Waals surface area contributed by atoms with E-state index >= 15 is 0 Å². The van der Waals surface area contributed by atoms with E-state index < -0.39 is 0 Å². The van der Waals surface area contributed by atoms with Crippen molar-refractivity contribution in [2.24, 2.45) is 0 Å². The molecule has 2 heterocycles. The van der Waals surface area contributed by atoms with Gasteiger partial charge in [-0.05, 0) is 42.8 Å². The molecule has 4 nitrogen and oxygen atoms in total. The minimum Gasteiger partial charge on any atom is -0.494 e. The molecule has 3 aromatic rings. The number of benzene rings is 1. The Hall–Kier alpha value is -2.56. The van der Waals surface area contributed by atoms with E-state index in [2.05, 4.69) is 11.9 Å². The van der Waals surface area contributed by atoms with Crippen LogP contribution < -0.4 is 10.5 Å². The van der Waals surface area contributed by atoms with E-state index in [9.17, 15) is 4.39 Å². The highest BCUT2D eigenvalue weighted by molar-refractivity contribution is 5.75. The van der Waals surface area contributed by atoms with Gasteiger partial charge in [-0.25, -0.2) is 9.37 Å². The number of aromatic nitrogens is 2. The summed E-state index contributed by atoms with van der Waals surface area (Å²) in [4.78, 5) is 4.45. The molecule has 0 aliphatic rings. The van der Waals surface area contributed by atoms with Gasteiger partial charge in [0, 0.05) is 11.8 Å². The third kappa shape index (κ3) is 2.54. The number of nitrogens with zero attached hydrogens (tertiary/aromatic N) is 2. The van der Waals surface area contributed by atoms with Crippen molar-refractivity contribution in [2.75, 3.05) is 12.3 Å². The summed E-state index contributed by atoms with van der Waals surface area (Å²) in [5.74, 6) is 0.891. The predicted octanol–water partition coefficient (Wildman–Crippen LogP) is 3.51. The molecule has 0 aliphatic heterocycles.